The zero-order valence-electron chi connectivity index (χ0n) is 9.54. The van der Waals surface area contributed by atoms with Crippen LogP contribution in [0.1, 0.15) is 20.8 Å². The van der Waals surface area contributed by atoms with E-state index in [0.29, 0.717) is 13.1 Å². The molecule has 4 heteroatoms. The van der Waals surface area contributed by atoms with Crippen LogP contribution in [0.3, 0.4) is 0 Å². The van der Waals surface area contributed by atoms with Crippen molar-refractivity contribution < 1.29 is 9.59 Å². The molecule has 0 aromatic rings. The summed E-state index contributed by atoms with van der Waals surface area (Å²) in [6.07, 6.45) is 0. The van der Waals surface area contributed by atoms with E-state index in [2.05, 4.69) is 0 Å². The first kappa shape index (κ1) is 13.1. The Bertz CT molecular complexity index is 200. The number of ketones is 1. The summed E-state index contributed by atoms with van der Waals surface area (Å²) in [5.74, 6) is 0.165. The van der Waals surface area contributed by atoms with Crippen LogP contribution in [-0.2, 0) is 9.59 Å². The van der Waals surface area contributed by atoms with E-state index in [1.165, 1.54) is 6.92 Å². The summed E-state index contributed by atoms with van der Waals surface area (Å²) in [7, 11) is 1.78. The number of carbonyl (C=O) groups is 2. The maximum absolute atomic E-state index is 11.6. The molecule has 0 unspecified atom stereocenters. The second-order valence-corrected chi connectivity index (χ2v) is 3.44. The van der Waals surface area contributed by atoms with E-state index < -0.39 is 0 Å². The molecule has 0 heterocycles. The first-order chi connectivity index (χ1) is 6.51. The molecule has 82 valence electrons. The van der Waals surface area contributed by atoms with Gasteiger partial charge in [0.15, 0.2) is 0 Å². The predicted molar refractivity (Wildman–Crippen MR) is 56.1 cm³/mol. The van der Waals surface area contributed by atoms with Crippen LogP contribution in [-0.4, -0.2) is 54.7 Å². The van der Waals surface area contributed by atoms with E-state index in [4.69, 9.17) is 0 Å². The van der Waals surface area contributed by atoms with Gasteiger partial charge in [0.25, 0.3) is 0 Å². The van der Waals surface area contributed by atoms with Crippen LogP contribution in [0.2, 0.25) is 0 Å². The summed E-state index contributed by atoms with van der Waals surface area (Å²) < 4.78 is 0. The largest absolute Gasteiger partial charge is 0.342 e. The van der Waals surface area contributed by atoms with Crippen molar-refractivity contribution in [2.24, 2.45) is 0 Å². The standard InChI is InChI=1S/C10H20N2O2/c1-5-12(6-2)10(14)8-11(4)7-9(3)13/h5-8H2,1-4H3. The highest BCUT2D eigenvalue weighted by molar-refractivity contribution is 5.80. The molecule has 0 saturated heterocycles. The van der Waals surface area contributed by atoms with E-state index >= 15 is 0 Å². The van der Waals surface area contributed by atoms with E-state index in [-0.39, 0.29) is 11.7 Å². The third kappa shape index (κ3) is 4.97. The van der Waals surface area contributed by atoms with E-state index in [9.17, 15) is 9.59 Å². The molecule has 0 rings (SSSR count). The van der Waals surface area contributed by atoms with Crippen LogP contribution in [0.25, 0.3) is 0 Å². The van der Waals surface area contributed by atoms with Gasteiger partial charge >= 0.3 is 0 Å². The van der Waals surface area contributed by atoms with Crippen molar-refractivity contribution in [3.63, 3.8) is 0 Å². The minimum absolute atomic E-state index is 0.0822. The van der Waals surface area contributed by atoms with Gasteiger partial charge in [-0.3, -0.25) is 14.5 Å². The molecule has 14 heavy (non-hydrogen) atoms. The van der Waals surface area contributed by atoms with E-state index in [1.807, 2.05) is 13.8 Å². The lowest BCUT2D eigenvalue weighted by molar-refractivity contribution is -0.132. The molecule has 0 N–H and O–H groups in total. The van der Waals surface area contributed by atoms with Gasteiger partial charge in [0.05, 0.1) is 13.1 Å². The van der Waals surface area contributed by atoms with Crippen LogP contribution in [0, 0.1) is 0 Å². The molecule has 0 atom stereocenters. The number of carbonyl (C=O) groups excluding carboxylic acids is 2. The Labute approximate surface area is 85.9 Å². The topological polar surface area (TPSA) is 40.6 Å². The summed E-state index contributed by atoms with van der Waals surface area (Å²) in [4.78, 5) is 25.8. The second kappa shape index (κ2) is 6.54. The smallest absolute Gasteiger partial charge is 0.236 e. The minimum Gasteiger partial charge on any atom is -0.342 e. The van der Waals surface area contributed by atoms with Crippen molar-refractivity contribution in [3.05, 3.63) is 0 Å². The van der Waals surface area contributed by atoms with Crippen molar-refractivity contribution >= 4 is 11.7 Å². The number of nitrogens with zero attached hydrogens (tertiary/aromatic N) is 2. The SMILES string of the molecule is CCN(CC)C(=O)CN(C)CC(C)=O. The van der Waals surface area contributed by atoms with Gasteiger partial charge in [0, 0.05) is 13.1 Å². The zero-order valence-corrected chi connectivity index (χ0v) is 9.54. The number of likely N-dealkylation sites (N-methyl/N-ethyl adjacent to an activating group) is 2. The summed E-state index contributed by atoms with van der Waals surface area (Å²) in [6.45, 7) is 7.54. The van der Waals surface area contributed by atoms with Crippen LogP contribution < -0.4 is 0 Å². The van der Waals surface area contributed by atoms with Gasteiger partial charge in [-0.15, -0.1) is 0 Å². The summed E-state index contributed by atoms with van der Waals surface area (Å²) in [6, 6.07) is 0. The Kier molecular flexibility index (Phi) is 6.12. The Morgan fingerprint density at radius 2 is 1.57 bits per heavy atom. The third-order valence-electron chi connectivity index (χ3n) is 2.01. The minimum atomic E-state index is 0.0822. The fraction of sp³-hybridized carbons (Fsp3) is 0.800. The van der Waals surface area contributed by atoms with Gasteiger partial charge in [-0.1, -0.05) is 0 Å². The average Bonchev–Trinajstić information content (AvgIpc) is 2.04. The summed E-state index contributed by atoms with van der Waals surface area (Å²) >= 11 is 0. The number of hydrogen-bond acceptors (Lipinski definition) is 3. The Morgan fingerprint density at radius 3 is 1.93 bits per heavy atom. The van der Waals surface area contributed by atoms with Gasteiger partial charge in [0.2, 0.25) is 5.91 Å². The summed E-state index contributed by atoms with van der Waals surface area (Å²) in [5.41, 5.74) is 0. The molecule has 0 saturated carbocycles. The van der Waals surface area contributed by atoms with Crippen LogP contribution in [0.15, 0.2) is 0 Å². The Balaban J connectivity index is 3.97. The van der Waals surface area contributed by atoms with Crippen molar-refractivity contribution in [1.82, 2.24) is 9.80 Å². The molecule has 0 aromatic carbocycles. The molecule has 0 aliphatic heterocycles. The van der Waals surface area contributed by atoms with Gasteiger partial charge in [0.1, 0.15) is 5.78 Å². The molecular weight excluding hydrogens is 180 g/mol. The molecule has 0 fully saturated rings. The van der Waals surface area contributed by atoms with Gasteiger partial charge in [-0.05, 0) is 27.8 Å². The van der Waals surface area contributed by atoms with Gasteiger partial charge in [-0.25, -0.2) is 0 Å². The van der Waals surface area contributed by atoms with Gasteiger partial charge in [-0.2, -0.15) is 0 Å². The number of hydrogen-bond donors (Lipinski definition) is 0. The average molecular weight is 200 g/mol. The molecule has 0 spiro atoms. The molecule has 0 aromatic heterocycles. The predicted octanol–water partition coefficient (Wildman–Crippen LogP) is 0.376. The highest BCUT2D eigenvalue weighted by Crippen LogP contribution is 1.92. The molecular formula is C10H20N2O2. The number of Topliss-reactive ketones (excluding diaryl/α,β-unsaturated/α-hetero) is 1. The van der Waals surface area contributed by atoms with Crippen molar-refractivity contribution in [2.45, 2.75) is 20.8 Å². The number of rotatable bonds is 6. The number of amides is 1. The first-order valence-corrected chi connectivity index (χ1v) is 4.97. The molecule has 0 aliphatic rings. The van der Waals surface area contributed by atoms with E-state index in [0.717, 1.165) is 13.1 Å². The van der Waals surface area contributed by atoms with Crippen LogP contribution in [0.5, 0.6) is 0 Å². The van der Waals surface area contributed by atoms with Crippen molar-refractivity contribution in [1.29, 1.82) is 0 Å². The monoisotopic (exact) mass is 200 g/mol. The molecule has 0 aliphatic carbocycles. The third-order valence-corrected chi connectivity index (χ3v) is 2.01. The van der Waals surface area contributed by atoms with Crippen molar-refractivity contribution in [2.75, 3.05) is 33.2 Å². The second-order valence-electron chi connectivity index (χ2n) is 3.44. The molecule has 1 amide bonds. The highest BCUT2D eigenvalue weighted by Gasteiger charge is 2.12. The van der Waals surface area contributed by atoms with Crippen LogP contribution in [0.4, 0.5) is 0 Å². The highest BCUT2D eigenvalue weighted by atomic mass is 16.2. The molecule has 4 nitrogen and oxygen atoms in total. The Hall–Kier alpha value is -0.900. The lowest BCUT2D eigenvalue weighted by Crippen LogP contribution is -2.40. The first-order valence-electron chi connectivity index (χ1n) is 4.97. The quantitative estimate of drug-likeness (QED) is 0.622. The lowest BCUT2D eigenvalue weighted by Gasteiger charge is -2.22. The lowest BCUT2D eigenvalue weighted by atomic mass is 10.3. The maximum Gasteiger partial charge on any atom is 0.236 e. The van der Waals surface area contributed by atoms with Crippen molar-refractivity contribution in [3.8, 4) is 0 Å². The Morgan fingerprint density at radius 1 is 1.07 bits per heavy atom. The van der Waals surface area contributed by atoms with E-state index in [1.54, 1.807) is 16.8 Å². The molecule has 0 bridgehead atoms. The zero-order chi connectivity index (χ0) is 11.1. The van der Waals surface area contributed by atoms with Crippen LogP contribution >= 0.6 is 0 Å². The molecule has 0 radical (unpaired) electrons. The van der Waals surface area contributed by atoms with Gasteiger partial charge < -0.3 is 4.90 Å². The maximum atomic E-state index is 11.6. The fourth-order valence-electron chi connectivity index (χ4n) is 1.34. The fourth-order valence-corrected chi connectivity index (χ4v) is 1.34. The summed E-state index contributed by atoms with van der Waals surface area (Å²) in [5, 5.41) is 0. The normalized spacial score (nSPS) is 10.4.